The fourth-order valence-corrected chi connectivity index (χ4v) is 2.43. The van der Waals surface area contributed by atoms with Gasteiger partial charge in [-0.05, 0) is 31.9 Å². The molecule has 0 N–H and O–H groups in total. The molecule has 100 valence electrons. The van der Waals surface area contributed by atoms with Crippen LogP contribution in [0.15, 0.2) is 24.4 Å². The Morgan fingerprint density at radius 1 is 1.42 bits per heavy atom. The first kappa shape index (κ1) is 12.2. The van der Waals surface area contributed by atoms with Gasteiger partial charge < -0.3 is 9.47 Å². The average Bonchev–Trinajstić information content (AvgIpc) is 3.09. The molecule has 1 aliphatic rings. The monoisotopic (exact) mass is 259 g/mol. The molecule has 5 heteroatoms. The van der Waals surface area contributed by atoms with Crippen LogP contribution in [0, 0.1) is 6.92 Å². The van der Waals surface area contributed by atoms with E-state index in [1.165, 1.54) is 0 Å². The lowest BCUT2D eigenvalue weighted by Gasteiger charge is -2.09. The Morgan fingerprint density at radius 3 is 3.05 bits per heavy atom. The van der Waals surface area contributed by atoms with Gasteiger partial charge in [0.05, 0.1) is 19.0 Å². The summed E-state index contributed by atoms with van der Waals surface area (Å²) in [7, 11) is 1.67. The standard InChI is InChI=1S/C14H17N3O2/c1-10-12(5-3-6-13(10)18-2)17-9-11(15-16-17)14-7-4-8-19-14/h3,5-6,9,14H,4,7-8H2,1-2H3. The van der Waals surface area contributed by atoms with Crippen molar-refractivity contribution >= 4 is 0 Å². The Hall–Kier alpha value is -1.88. The van der Waals surface area contributed by atoms with Crippen molar-refractivity contribution < 1.29 is 9.47 Å². The van der Waals surface area contributed by atoms with Gasteiger partial charge in [0.2, 0.25) is 0 Å². The van der Waals surface area contributed by atoms with Crippen LogP contribution in [0.1, 0.15) is 30.2 Å². The maximum atomic E-state index is 5.62. The predicted molar refractivity (Wildman–Crippen MR) is 70.6 cm³/mol. The highest BCUT2D eigenvalue weighted by molar-refractivity contribution is 5.48. The molecule has 0 saturated carbocycles. The van der Waals surface area contributed by atoms with Crippen molar-refractivity contribution in [3.05, 3.63) is 35.7 Å². The van der Waals surface area contributed by atoms with Crippen LogP contribution >= 0.6 is 0 Å². The highest BCUT2D eigenvalue weighted by Crippen LogP contribution is 2.28. The van der Waals surface area contributed by atoms with E-state index >= 15 is 0 Å². The summed E-state index contributed by atoms with van der Waals surface area (Å²) in [6.07, 6.45) is 4.16. The van der Waals surface area contributed by atoms with Crippen LogP contribution in [0.2, 0.25) is 0 Å². The van der Waals surface area contributed by atoms with Crippen molar-refractivity contribution in [2.75, 3.05) is 13.7 Å². The molecule has 3 rings (SSSR count). The number of hydrogen-bond acceptors (Lipinski definition) is 4. The van der Waals surface area contributed by atoms with Gasteiger partial charge in [-0.3, -0.25) is 0 Å². The van der Waals surface area contributed by atoms with Crippen LogP contribution in [-0.4, -0.2) is 28.7 Å². The zero-order chi connectivity index (χ0) is 13.2. The predicted octanol–water partition coefficient (Wildman–Crippen LogP) is 2.44. The Bertz CT molecular complexity index is 574. The molecule has 0 bridgehead atoms. The third kappa shape index (κ3) is 2.21. The van der Waals surface area contributed by atoms with E-state index in [1.807, 2.05) is 31.3 Å². The van der Waals surface area contributed by atoms with Crippen LogP contribution < -0.4 is 4.74 Å². The first-order chi connectivity index (χ1) is 9.29. The van der Waals surface area contributed by atoms with E-state index in [9.17, 15) is 0 Å². The van der Waals surface area contributed by atoms with Crippen molar-refractivity contribution in [2.45, 2.75) is 25.9 Å². The number of rotatable bonds is 3. The van der Waals surface area contributed by atoms with E-state index < -0.39 is 0 Å². The van der Waals surface area contributed by atoms with Gasteiger partial charge >= 0.3 is 0 Å². The van der Waals surface area contributed by atoms with Gasteiger partial charge in [0.1, 0.15) is 17.5 Å². The molecule has 1 aromatic carbocycles. The summed E-state index contributed by atoms with van der Waals surface area (Å²) in [5.41, 5.74) is 2.93. The lowest BCUT2D eigenvalue weighted by Crippen LogP contribution is -1.99. The molecule has 1 aliphatic heterocycles. The summed E-state index contributed by atoms with van der Waals surface area (Å²) in [6, 6.07) is 5.90. The Kier molecular flexibility index (Phi) is 3.21. The summed E-state index contributed by atoms with van der Waals surface area (Å²) in [6.45, 7) is 2.83. The molecule has 0 aliphatic carbocycles. The van der Waals surface area contributed by atoms with Crippen LogP contribution in [-0.2, 0) is 4.74 Å². The molecule has 1 unspecified atom stereocenters. The Morgan fingerprint density at radius 2 is 2.32 bits per heavy atom. The van der Waals surface area contributed by atoms with E-state index in [2.05, 4.69) is 10.3 Å². The highest BCUT2D eigenvalue weighted by atomic mass is 16.5. The SMILES string of the molecule is COc1cccc(-n2cc(C3CCCO3)nn2)c1C. The zero-order valence-electron chi connectivity index (χ0n) is 11.2. The largest absolute Gasteiger partial charge is 0.496 e. The highest BCUT2D eigenvalue weighted by Gasteiger charge is 2.21. The molecule has 2 aromatic rings. The van der Waals surface area contributed by atoms with E-state index in [-0.39, 0.29) is 6.10 Å². The van der Waals surface area contributed by atoms with E-state index in [0.29, 0.717) is 0 Å². The molecule has 1 aromatic heterocycles. The maximum absolute atomic E-state index is 5.62. The summed E-state index contributed by atoms with van der Waals surface area (Å²) >= 11 is 0. The summed E-state index contributed by atoms with van der Waals surface area (Å²) in [4.78, 5) is 0. The van der Waals surface area contributed by atoms with Gasteiger partial charge in [0.15, 0.2) is 0 Å². The molecule has 2 heterocycles. The number of benzene rings is 1. The number of nitrogens with zero attached hydrogens (tertiary/aromatic N) is 3. The number of hydrogen-bond donors (Lipinski definition) is 0. The van der Waals surface area contributed by atoms with Gasteiger partial charge in [0.25, 0.3) is 0 Å². The van der Waals surface area contributed by atoms with Crippen LogP contribution in [0.5, 0.6) is 5.75 Å². The molecule has 0 radical (unpaired) electrons. The second kappa shape index (κ2) is 5.01. The van der Waals surface area contributed by atoms with Gasteiger partial charge in [0, 0.05) is 12.2 Å². The first-order valence-electron chi connectivity index (χ1n) is 6.47. The van der Waals surface area contributed by atoms with Gasteiger partial charge in [-0.25, -0.2) is 4.68 Å². The van der Waals surface area contributed by atoms with Gasteiger partial charge in [-0.1, -0.05) is 11.3 Å². The Balaban J connectivity index is 1.94. The van der Waals surface area contributed by atoms with Crippen molar-refractivity contribution in [3.63, 3.8) is 0 Å². The smallest absolute Gasteiger partial charge is 0.123 e. The van der Waals surface area contributed by atoms with Crippen molar-refractivity contribution in [2.24, 2.45) is 0 Å². The van der Waals surface area contributed by atoms with Crippen LogP contribution in [0.4, 0.5) is 0 Å². The van der Waals surface area contributed by atoms with Crippen molar-refractivity contribution in [1.82, 2.24) is 15.0 Å². The third-order valence-electron chi connectivity index (χ3n) is 3.49. The molecular formula is C14H17N3O2. The fraction of sp³-hybridized carbons (Fsp3) is 0.429. The second-order valence-corrected chi connectivity index (χ2v) is 4.69. The van der Waals surface area contributed by atoms with Crippen molar-refractivity contribution in [3.8, 4) is 11.4 Å². The first-order valence-corrected chi connectivity index (χ1v) is 6.47. The van der Waals surface area contributed by atoms with E-state index in [1.54, 1.807) is 11.8 Å². The number of aromatic nitrogens is 3. The molecule has 1 fully saturated rings. The fourth-order valence-electron chi connectivity index (χ4n) is 2.43. The third-order valence-corrected chi connectivity index (χ3v) is 3.49. The number of ether oxygens (including phenoxy) is 2. The maximum Gasteiger partial charge on any atom is 0.123 e. The lowest BCUT2D eigenvalue weighted by atomic mass is 10.1. The van der Waals surface area contributed by atoms with Gasteiger partial charge in [-0.15, -0.1) is 5.10 Å². The van der Waals surface area contributed by atoms with E-state index in [0.717, 1.165) is 42.1 Å². The molecule has 1 saturated heterocycles. The van der Waals surface area contributed by atoms with E-state index in [4.69, 9.17) is 9.47 Å². The minimum Gasteiger partial charge on any atom is -0.496 e. The zero-order valence-corrected chi connectivity index (χ0v) is 11.2. The molecule has 0 amide bonds. The topological polar surface area (TPSA) is 49.2 Å². The van der Waals surface area contributed by atoms with Crippen LogP contribution in [0.3, 0.4) is 0 Å². The van der Waals surface area contributed by atoms with Gasteiger partial charge in [-0.2, -0.15) is 0 Å². The lowest BCUT2D eigenvalue weighted by molar-refractivity contribution is 0.108. The quantitative estimate of drug-likeness (QED) is 0.849. The Labute approximate surface area is 112 Å². The molecule has 0 spiro atoms. The summed E-state index contributed by atoms with van der Waals surface area (Å²) in [5.74, 6) is 0.853. The van der Waals surface area contributed by atoms with Crippen LogP contribution in [0.25, 0.3) is 5.69 Å². The molecule has 5 nitrogen and oxygen atoms in total. The molecule has 19 heavy (non-hydrogen) atoms. The average molecular weight is 259 g/mol. The summed E-state index contributed by atoms with van der Waals surface area (Å²) in [5, 5.41) is 8.42. The minimum atomic E-state index is 0.0969. The second-order valence-electron chi connectivity index (χ2n) is 4.69. The molecule has 1 atom stereocenters. The normalized spacial score (nSPS) is 18.7. The minimum absolute atomic E-state index is 0.0969. The summed E-state index contributed by atoms with van der Waals surface area (Å²) < 4.78 is 12.7. The van der Waals surface area contributed by atoms with Crippen molar-refractivity contribution in [1.29, 1.82) is 0 Å². The number of methoxy groups -OCH3 is 1. The molecular weight excluding hydrogens is 242 g/mol.